The summed E-state index contributed by atoms with van der Waals surface area (Å²) in [6.07, 6.45) is 0. The van der Waals surface area contributed by atoms with Crippen molar-refractivity contribution in [3.63, 3.8) is 0 Å². The van der Waals surface area contributed by atoms with E-state index in [1.165, 1.54) is 4.90 Å². The molecule has 7 heteroatoms. The van der Waals surface area contributed by atoms with E-state index in [1.807, 2.05) is 30.3 Å². The fraction of sp³-hybridized carbons (Fsp3) is 0.0500. The van der Waals surface area contributed by atoms with E-state index >= 15 is 0 Å². The number of anilines is 3. The number of halogens is 3. The van der Waals surface area contributed by atoms with Gasteiger partial charge in [-0.15, -0.1) is 0 Å². The summed E-state index contributed by atoms with van der Waals surface area (Å²) in [5.74, 6) is 0. The first kappa shape index (κ1) is 18.0. The van der Waals surface area contributed by atoms with Gasteiger partial charge >= 0.3 is 6.03 Å². The van der Waals surface area contributed by atoms with Crippen molar-refractivity contribution in [3.8, 4) is 11.1 Å². The molecule has 2 amide bonds. The average Bonchev–Trinajstić information content (AvgIpc) is 2.63. The van der Waals surface area contributed by atoms with Gasteiger partial charge in [0.1, 0.15) is 0 Å². The van der Waals surface area contributed by atoms with E-state index in [1.54, 1.807) is 24.3 Å². The molecular weight excluding hydrogens is 405 g/mol. The largest absolute Gasteiger partial charge is 0.399 e. The predicted octanol–water partition coefficient (Wildman–Crippen LogP) is 6.26. The SMILES string of the molecule is Nc1cc(-c2ccccc2Cl)c2c(c1)N(c1c(Cl)cccc1Cl)C(=O)NC2. The predicted molar refractivity (Wildman–Crippen MR) is 112 cm³/mol. The van der Waals surface area contributed by atoms with Crippen LogP contribution in [0.1, 0.15) is 5.56 Å². The van der Waals surface area contributed by atoms with Crippen LogP contribution in [0.3, 0.4) is 0 Å². The fourth-order valence-corrected chi connectivity index (χ4v) is 4.06. The molecule has 0 atom stereocenters. The number of nitrogen functional groups attached to an aromatic ring is 1. The van der Waals surface area contributed by atoms with Crippen LogP contribution in [0.2, 0.25) is 15.1 Å². The number of carbonyl (C=O) groups is 1. The molecule has 0 saturated heterocycles. The lowest BCUT2D eigenvalue weighted by molar-refractivity contribution is 0.247. The van der Waals surface area contributed by atoms with Gasteiger partial charge in [-0.2, -0.15) is 0 Å². The standard InChI is InChI=1S/C20H14Cl3N3O/c21-15-5-2-1-4-12(15)13-8-11(24)9-18-14(13)10-25-20(27)26(18)19-16(22)6-3-7-17(19)23/h1-9H,10,24H2,(H,25,27). The van der Waals surface area contributed by atoms with Gasteiger partial charge in [0.2, 0.25) is 0 Å². The van der Waals surface area contributed by atoms with E-state index in [0.717, 1.165) is 16.7 Å². The van der Waals surface area contributed by atoms with E-state index in [-0.39, 0.29) is 6.03 Å². The van der Waals surface area contributed by atoms with Crippen LogP contribution in [0.4, 0.5) is 21.9 Å². The highest BCUT2D eigenvalue weighted by molar-refractivity contribution is 6.40. The second-order valence-corrected chi connectivity index (χ2v) is 7.33. The number of hydrogen-bond acceptors (Lipinski definition) is 2. The highest BCUT2D eigenvalue weighted by Crippen LogP contribution is 2.44. The molecular formula is C20H14Cl3N3O. The molecule has 0 saturated carbocycles. The molecule has 0 bridgehead atoms. The lowest BCUT2D eigenvalue weighted by atomic mass is 9.95. The first-order valence-electron chi connectivity index (χ1n) is 8.16. The van der Waals surface area contributed by atoms with E-state index < -0.39 is 0 Å². The topological polar surface area (TPSA) is 58.4 Å². The molecule has 0 aliphatic carbocycles. The summed E-state index contributed by atoms with van der Waals surface area (Å²) in [6.45, 7) is 0.341. The average molecular weight is 419 g/mol. The number of benzene rings is 3. The zero-order valence-electron chi connectivity index (χ0n) is 14.0. The number of fused-ring (bicyclic) bond motifs is 1. The van der Waals surface area contributed by atoms with Gasteiger partial charge in [-0.3, -0.25) is 4.90 Å². The molecule has 0 aromatic heterocycles. The Hall–Kier alpha value is -2.40. The molecule has 0 radical (unpaired) electrons. The lowest BCUT2D eigenvalue weighted by Crippen LogP contribution is -2.41. The monoisotopic (exact) mass is 417 g/mol. The number of nitrogens with zero attached hydrogens (tertiary/aromatic N) is 1. The van der Waals surface area contributed by atoms with Gasteiger partial charge < -0.3 is 11.1 Å². The number of para-hydroxylation sites is 1. The van der Waals surface area contributed by atoms with Gasteiger partial charge in [0, 0.05) is 28.4 Å². The van der Waals surface area contributed by atoms with Gasteiger partial charge in [-0.1, -0.05) is 59.1 Å². The summed E-state index contributed by atoms with van der Waals surface area (Å²) < 4.78 is 0. The van der Waals surface area contributed by atoms with Crippen molar-refractivity contribution in [2.45, 2.75) is 6.54 Å². The first-order chi connectivity index (χ1) is 13.0. The molecule has 1 aliphatic heterocycles. The molecule has 0 fully saturated rings. The Morgan fingerprint density at radius 1 is 0.889 bits per heavy atom. The third-order valence-corrected chi connectivity index (χ3v) is 5.37. The number of nitrogens with one attached hydrogen (secondary N) is 1. The highest BCUT2D eigenvalue weighted by Gasteiger charge is 2.31. The van der Waals surface area contributed by atoms with Gasteiger partial charge in [0.25, 0.3) is 0 Å². The third-order valence-electron chi connectivity index (χ3n) is 4.43. The maximum Gasteiger partial charge on any atom is 0.326 e. The maximum atomic E-state index is 12.7. The zero-order valence-corrected chi connectivity index (χ0v) is 16.2. The van der Waals surface area contributed by atoms with Crippen LogP contribution in [-0.4, -0.2) is 6.03 Å². The Morgan fingerprint density at radius 3 is 2.26 bits per heavy atom. The second kappa shape index (κ2) is 6.97. The van der Waals surface area contributed by atoms with Gasteiger partial charge in [-0.05, 0) is 35.9 Å². The Kier molecular flexibility index (Phi) is 4.64. The normalized spacial score (nSPS) is 13.3. The Bertz CT molecular complexity index is 1050. The van der Waals surface area contributed by atoms with Crippen LogP contribution < -0.4 is 16.0 Å². The number of amides is 2. The smallest absolute Gasteiger partial charge is 0.326 e. The van der Waals surface area contributed by atoms with Crippen molar-refractivity contribution >= 4 is 57.9 Å². The molecule has 0 spiro atoms. The summed E-state index contributed by atoms with van der Waals surface area (Å²) >= 11 is 19.1. The molecule has 0 unspecified atom stereocenters. The van der Waals surface area contributed by atoms with Crippen molar-refractivity contribution < 1.29 is 4.79 Å². The number of hydrogen-bond donors (Lipinski definition) is 2. The summed E-state index contributed by atoms with van der Waals surface area (Å²) in [6, 6.07) is 15.9. The molecule has 1 aliphatic rings. The van der Waals surface area contributed by atoms with Gasteiger partial charge in [0.05, 0.1) is 21.4 Å². The third kappa shape index (κ3) is 3.10. The zero-order chi connectivity index (χ0) is 19.1. The van der Waals surface area contributed by atoms with Crippen molar-refractivity contribution in [1.82, 2.24) is 5.32 Å². The quantitative estimate of drug-likeness (QED) is 0.483. The second-order valence-electron chi connectivity index (χ2n) is 6.11. The minimum absolute atomic E-state index is 0.326. The summed E-state index contributed by atoms with van der Waals surface area (Å²) in [5, 5.41) is 4.21. The van der Waals surface area contributed by atoms with E-state index in [9.17, 15) is 4.79 Å². The minimum Gasteiger partial charge on any atom is -0.399 e. The van der Waals surface area contributed by atoms with E-state index in [0.29, 0.717) is 38.7 Å². The lowest BCUT2D eigenvalue weighted by Gasteiger charge is -2.33. The number of urea groups is 1. The summed E-state index contributed by atoms with van der Waals surface area (Å²) in [7, 11) is 0. The van der Waals surface area contributed by atoms with Crippen LogP contribution in [-0.2, 0) is 6.54 Å². The maximum absolute atomic E-state index is 12.7. The van der Waals surface area contributed by atoms with Crippen LogP contribution in [0, 0.1) is 0 Å². The molecule has 4 rings (SSSR count). The number of nitrogens with two attached hydrogens (primary N) is 1. The van der Waals surface area contributed by atoms with Crippen LogP contribution in [0.15, 0.2) is 54.6 Å². The van der Waals surface area contributed by atoms with Crippen LogP contribution >= 0.6 is 34.8 Å². The van der Waals surface area contributed by atoms with E-state index in [4.69, 9.17) is 40.5 Å². The van der Waals surface area contributed by atoms with Crippen molar-refractivity contribution in [3.05, 3.63) is 75.2 Å². The van der Waals surface area contributed by atoms with Crippen molar-refractivity contribution in [2.75, 3.05) is 10.6 Å². The summed E-state index contributed by atoms with van der Waals surface area (Å²) in [4.78, 5) is 14.2. The number of rotatable bonds is 2. The molecule has 27 heavy (non-hydrogen) atoms. The molecule has 4 nitrogen and oxygen atoms in total. The Morgan fingerprint density at radius 2 is 1.56 bits per heavy atom. The highest BCUT2D eigenvalue weighted by atomic mass is 35.5. The molecule has 3 aromatic rings. The van der Waals surface area contributed by atoms with Crippen molar-refractivity contribution in [2.24, 2.45) is 0 Å². The van der Waals surface area contributed by atoms with Crippen LogP contribution in [0.5, 0.6) is 0 Å². The molecule has 1 heterocycles. The Labute approximate surface area is 171 Å². The Balaban J connectivity index is 1.99. The summed E-state index contributed by atoms with van der Waals surface area (Å²) in [5.41, 5.74) is 10.3. The number of carbonyl (C=O) groups excluding carboxylic acids is 1. The first-order valence-corrected chi connectivity index (χ1v) is 9.30. The fourth-order valence-electron chi connectivity index (χ4n) is 3.26. The minimum atomic E-state index is -0.326. The molecule has 3 aromatic carbocycles. The van der Waals surface area contributed by atoms with E-state index in [2.05, 4.69) is 5.32 Å². The van der Waals surface area contributed by atoms with Gasteiger partial charge in [0.15, 0.2) is 0 Å². The van der Waals surface area contributed by atoms with Gasteiger partial charge in [-0.25, -0.2) is 4.79 Å². The van der Waals surface area contributed by atoms with Crippen LogP contribution in [0.25, 0.3) is 11.1 Å². The molecule has 3 N–H and O–H groups in total. The van der Waals surface area contributed by atoms with Crippen molar-refractivity contribution in [1.29, 1.82) is 0 Å². The molecule has 136 valence electrons.